The highest BCUT2D eigenvalue weighted by molar-refractivity contribution is 7.15. The third kappa shape index (κ3) is 4.56. The molecule has 1 aliphatic heterocycles. The lowest BCUT2D eigenvalue weighted by molar-refractivity contribution is -0.114. The first kappa shape index (κ1) is 18.7. The Morgan fingerprint density at radius 2 is 2.08 bits per heavy atom. The van der Waals surface area contributed by atoms with E-state index in [-0.39, 0.29) is 18.1 Å². The normalized spacial score (nSPS) is 20.3. The van der Waals surface area contributed by atoms with Crippen LogP contribution in [0.2, 0.25) is 0 Å². The summed E-state index contributed by atoms with van der Waals surface area (Å²) >= 11 is 1.18. The molecule has 1 fully saturated rings. The maximum Gasteiger partial charge on any atom is 0.230 e. The summed E-state index contributed by atoms with van der Waals surface area (Å²) in [7, 11) is 0. The number of halogens is 1. The molecule has 140 valence electrons. The van der Waals surface area contributed by atoms with Crippen molar-refractivity contribution in [3.8, 4) is 5.75 Å². The van der Waals surface area contributed by atoms with Gasteiger partial charge in [-0.25, -0.2) is 0 Å². The molecule has 2 atom stereocenters. The monoisotopic (exact) mass is 378 g/mol. The van der Waals surface area contributed by atoms with Crippen molar-refractivity contribution in [3.05, 3.63) is 34.3 Å². The number of carbonyl (C=O) groups excluding carboxylic acids is 1. The number of aromatic nitrogens is 2. The van der Waals surface area contributed by atoms with E-state index in [1.807, 2.05) is 26.0 Å². The minimum Gasteiger partial charge on any atom is -0.489 e. The van der Waals surface area contributed by atoms with Crippen molar-refractivity contribution in [2.45, 2.75) is 52.8 Å². The number of hydrogen-bond acceptors (Lipinski definition) is 6. The van der Waals surface area contributed by atoms with Crippen LogP contribution in [0.5, 0.6) is 5.75 Å². The Labute approximate surface area is 156 Å². The molecule has 1 saturated heterocycles. The Hall–Kier alpha value is -2.06. The number of likely N-dealkylation sites (tertiary alicyclic amines) is 1. The fourth-order valence-corrected chi connectivity index (χ4v) is 4.14. The molecule has 0 aliphatic carbocycles. The summed E-state index contributed by atoms with van der Waals surface area (Å²) in [4.78, 5) is 21.9. The second-order valence-electron chi connectivity index (χ2n) is 6.75. The molecule has 0 radical (unpaired) electrons. The zero-order valence-electron chi connectivity index (χ0n) is 15.4. The fourth-order valence-electron chi connectivity index (χ4n) is 3.23. The molecule has 3 heterocycles. The molecule has 0 bridgehead atoms. The van der Waals surface area contributed by atoms with E-state index >= 15 is 0 Å². The summed E-state index contributed by atoms with van der Waals surface area (Å²) in [5, 5.41) is 2.83. The van der Waals surface area contributed by atoms with E-state index in [1.54, 1.807) is 0 Å². The SMILES string of the molecule is CC(=O)Nc1nc(F)c(CN2C[C@H](Oc3cc(C)nc(C)c3)C[C@H]2C)s1. The number of ether oxygens (including phenoxy) is 1. The number of nitrogens with zero attached hydrogens (tertiary/aromatic N) is 3. The Bertz CT molecular complexity index is 790. The Morgan fingerprint density at radius 1 is 1.38 bits per heavy atom. The van der Waals surface area contributed by atoms with Crippen molar-refractivity contribution < 1.29 is 13.9 Å². The molecule has 1 N–H and O–H groups in total. The van der Waals surface area contributed by atoms with E-state index in [9.17, 15) is 9.18 Å². The lowest BCUT2D eigenvalue weighted by Crippen LogP contribution is -2.28. The second-order valence-corrected chi connectivity index (χ2v) is 7.84. The van der Waals surface area contributed by atoms with Crippen LogP contribution in [0.1, 0.15) is 36.5 Å². The molecule has 0 saturated carbocycles. The first-order chi connectivity index (χ1) is 12.3. The van der Waals surface area contributed by atoms with E-state index in [4.69, 9.17) is 4.74 Å². The quantitative estimate of drug-likeness (QED) is 0.865. The first-order valence-corrected chi connectivity index (χ1v) is 9.40. The summed E-state index contributed by atoms with van der Waals surface area (Å²) in [6.07, 6.45) is 0.927. The Morgan fingerprint density at radius 3 is 2.73 bits per heavy atom. The lowest BCUT2D eigenvalue weighted by atomic mass is 10.2. The maximum absolute atomic E-state index is 14.1. The topological polar surface area (TPSA) is 67.4 Å². The van der Waals surface area contributed by atoms with Gasteiger partial charge in [0.05, 0.1) is 4.88 Å². The van der Waals surface area contributed by atoms with Gasteiger partial charge in [-0.2, -0.15) is 9.37 Å². The summed E-state index contributed by atoms with van der Waals surface area (Å²) in [5.41, 5.74) is 1.86. The molecule has 2 aromatic rings. The minimum atomic E-state index is -0.518. The Balaban J connectivity index is 1.63. The zero-order valence-corrected chi connectivity index (χ0v) is 16.2. The van der Waals surface area contributed by atoms with Crippen molar-refractivity contribution in [2.75, 3.05) is 11.9 Å². The molecule has 0 aromatic carbocycles. The number of amides is 1. The smallest absolute Gasteiger partial charge is 0.230 e. The van der Waals surface area contributed by atoms with Crippen LogP contribution in [0, 0.1) is 19.8 Å². The van der Waals surface area contributed by atoms with Crippen LogP contribution in [-0.4, -0.2) is 39.5 Å². The number of thiazole rings is 1. The molecule has 6 nitrogen and oxygen atoms in total. The molecule has 1 aliphatic rings. The molecular weight excluding hydrogens is 355 g/mol. The number of pyridine rings is 1. The van der Waals surface area contributed by atoms with Crippen LogP contribution in [0.3, 0.4) is 0 Å². The summed E-state index contributed by atoms with van der Waals surface area (Å²) in [5.74, 6) is 0.0536. The van der Waals surface area contributed by atoms with Crippen molar-refractivity contribution in [1.29, 1.82) is 0 Å². The molecule has 1 amide bonds. The van der Waals surface area contributed by atoms with Gasteiger partial charge in [0.2, 0.25) is 11.9 Å². The van der Waals surface area contributed by atoms with Crippen molar-refractivity contribution in [1.82, 2.24) is 14.9 Å². The first-order valence-electron chi connectivity index (χ1n) is 8.59. The van der Waals surface area contributed by atoms with E-state index in [0.29, 0.717) is 23.1 Å². The van der Waals surface area contributed by atoms with Gasteiger partial charge in [-0.15, -0.1) is 0 Å². The average molecular weight is 378 g/mol. The number of rotatable bonds is 5. The molecule has 3 rings (SSSR count). The number of aryl methyl sites for hydroxylation is 2. The van der Waals surface area contributed by atoms with Crippen molar-refractivity contribution in [3.63, 3.8) is 0 Å². The summed E-state index contributed by atoms with van der Waals surface area (Å²) in [6.45, 7) is 8.56. The average Bonchev–Trinajstić information content (AvgIpc) is 3.00. The Kier molecular flexibility index (Phi) is 5.52. The fraction of sp³-hybridized carbons (Fsp3) is 0.500. The maximum atomic E-state index is 14.1. The van der Waals surface area contributed by atoms with Gasteiger partial charge >= 0.3 is 0 Å². The number of nitrogens with one attached hydrogen (secondary N) is 1. The third-order valence-electron chi connectivity index (χ3n) is 4.30. The summed E-state index contributed by atoms with van der Waals surface area (Å²) < 4.78 is 20.2. The zero-order chi connectivity index (χ0) is 18.8. The largest absolute Gasteiger partial charge is 0.489 e. The van der Waals surface area contributed by atoms with Gasteiger partial charge in [-0.05, 0) is 20.8 Å². The van der Waals surface area contributed by atoms with Crippen LogP contribution in [0.15, 0.2) is 12.1 Å². The van der Waals surface area contributed by atoms with Gasteiger partial charge in [0.1, 0.15) is 11.9 Å². The molecule has 0 spiro atoms. The molecule has 0 unspecified atom stereocenters. The second kappa shape index (κ2) is 7.67. The van der Waals surface area contributed by atoms with E-state index in [1.165, 1.54) is 18.3 Å². The van der Waals surface area contributed by atoms with Crippen LogP contribution in [-0.2, 0) is 11.3 Å². The van der Waals surface area contributed by atoms with Gasteiger partial charge in [0.15, 0.2) is 5.13 Å². The molecular formula is C18H23FN4O2S. The van der Waals surface area contributed by atoms with Crippen molar-refractivity contribution >= 4 is 22.4 Å². The highest BCUT2D eigenvalue weighted by atomic mass is 32.1. The predicted octanol–water partition coefficient (Wildman–Crippen LogP) is 3.29. The van der Waals surface area contributed by atoms with Crippen molar-refractivity contribution in [2.24, 2.45) is 0 Å². The summed E-state index contributed by atoms with van der Waals surface area (Å²) in [6, 6.07) is 4.14. The molecule has 2 aromatic heterocycles. The number of anilines is 1. The molecule has 26 heavy (non-hydrogen) atoms. The van der Waals surface area contributed by atoms with E-state index < -0.39 is 5.95 Å². The number of hydrogen-bond donors (Lipinski definition) is 1. The third-order valence-corrected chi connectivity index (χ3v) is 5.23. The van der Waals surface area contributed by atoms with Gasteiger partial charge in [0.25, 0.3) is 0 Å². The van der Waals surface area contributed by atoms with Gasteiger partial charge in [0, 0.05) is 56.0 Å². The highest BCUT2D eigenvalue weighted by Gasteiger charge is 2.31. The van der Waals surface area contributed by atoms with Crippen LogP contribution in [0.4, 0.5) is 9.52 Å². The van der Waals surface area contributed by atoms with Crippen LogP contribution >= 0.6 is 11.3 Å². The lowest BCUT2D eigenvalue weighted by Gasteiger charge is -2.19. The van der Waals surface area contributed by atoms with E-state index in [0.717, 1.165) is 23.6 Å². The molecule has 8 heteroatoms. The minimum absolute atomic E-state index is 0.0528. The standard InChI is InChI=1S/C18H23FN4O2S/c1-10-5-14(6-11(2)20-10)25-15-7-12(3)23(8-15)9-16-17(19)22-18(26-16)21-13(4)24/h5-6,12,15H,7-9H2,1-4H3,(H,21,22,24)/t12-,15-/m1/s1. The van der Waals surface area contributed by atoms with Crippen LogP contribution in [0.25, 0.3) is 0 Å². The van der Waals surface area contributed by atoms with Gasteiger partial charge in [-0.1, -0.05) is 11.3 Å². The highest BCUT2D eigenvalue weighted by Crippen LogP contribution is 2.29. The predicted molar refractivity (Wildman–Crippen MR) is 99.0 cm³/mol. The van der Waals surface area contributed by atoms with Crippen LogP contribution < -0.4 is 10.1 Å². The van der Waals surface area contributed by atoms with Gasteiger partial charge < -0.3 is 10.1 Å². The number of carbonyl (C=O) groups is 1. The van der Waals surface area contributed by atoms with E-state index in [2.05, 4.69) is 27.1 Å². The van der Waals surface area contributed by atoms with Gasteiger partial charge in [-0.3, -0.25) is 14.7 Å².